The largest absolute Gasteiger partial charge is 0.352 e. The minimum atomic E-state index is -0.328. The Hall–Kier alpha value is -2.70. The molecule has 2 aliphatic rings. The van der Waals surface area contributed by atoms with Crippen molar-refractivity contribution < 1.29 is 19.2 Å². The molecule has 2 unspecified atom stereocenters. The maximum absolute atomic E-state index is 12.5. The second-order valence-corrected chi connectivity index (χ2v) is 7.43. The summed E-state index contributed by atoms with van der Waals surface area (Å²) in [6.07, 6.45) is 4.31. The average Bonchev–Trinajstić information content (AvgIpc) is 2.95. The Labute approximate surface area is 164 Å². The van der Waals surface area contributed by atoms with Crippen LogP contribution in [0.4, 0.5) is 5.69 Å². The number of hydrogen-bond donors (Lipinski definition) is 2. The third kappa shape index (κ3) is 4.24. The summed E-state index contributed by atoms with van der Waals surface area (Å²) in [4.78, 5) is 50.9. The summed E-state index contributed by atoms with van der Waals surface area (Å²) < 4.78 is 0. The molecule has 2 atom stereocenters. The first-order valence-corrected chi connectivity index (χ1v) is 10.0. The van der Waals surface area contributed by atoms with Crippen molar-refractivity contribution in [1.29, 1.82) is 0 Å². The molecule has 0 aromatic heterocycles. The number of carbonyl (C=O) groups excluding carboxylic acids is 4. The number of nitrogens with zero attached hydrogens (tertiary/aromatic N) is 1. The van der Waals surface area contributed by atoms with Crippen molar-refractivity contribution in [3.05, 3.63) is 29.8 Å². The smallest absolute Gasteiger partial charge is 0.253 e. The van der Waals surface area contributed by atoms with E-state index in [1.165, 1.54) is 4.90 Å². The van der Waals surface area contributed by atoms with Crippen LogP contribution in [0.15, 0.2) is 24.3 Å². The monoisotopic (exact) mass is 385 g/mol. The highest BCUT2D eigenvalue weighted by Crippen LogP contribution is 2.37. The maximum atomic E-state index is 12.5. The van der Waals surface area contributed by atoms with Crippen LogP contribution in [-0.2, 0) is 14.4 Å². The van der Waals surface area contributed by atoms with Crippen molar-refractivity contribution in [2.75, 3.05) is 18.4 Å². The summed E-state index contributed by atoms with van der Waals surface area (Å²) in [5, 5.41) is 5.53. The molecule has 3 rings (SSSR count). The van der Waals surface area contributed by atoms with Crippen LogP contribution in [0, 0.1) is 11.8 Å². The van der Waals surface area contributed by atoms with Crippen molar-refractivity contribution in [3.63, 3.8) is 0 Å². The van der Waals surface area contributed by atoms with Gasteiger partial charge >= 0.3 is 0 Å². The van der Waals surface area contributed by atoms with Crippen molar-refractivity contribution >= 4 is 29.3 Å². The Kier molecular flexibility index (Phi) is 6.44. The standard InChI is InChI=1S/C21H27N3O4/c1-2-12-22-19(26)16-9-5-6-10-17(16)23-18(25)11-13-24-20(27)14-7-3-4-8-15(14)21(24)28/h5-6,9-10,14-15H,2-4,7-8,11-13H2,1H3,(H,22,26)(H,23,25). The van der Waals surface area contributed by atoms with Gasteiger partial charge in [0.15, 0.2) is 0 Å². The molecule has 0 radical (unpaired) electrons. The minimum absolute atomic E-state index is 0.0157. The molecule has 1 aliphatic carbocycles. The number of fused-ring (bicyclic) bond motifs is 1. The Morgan fingerprint density at radius 1 is 1.07 bits per heavy atom. The van der Waals surface area contributed by atoms with Crippen LogP contribution in [0.25, 0.3) is 0 Å². The number of nitrogens with one attached hydrogen (secondary N) is 2. The fourth-order valence-electron chi connectivity index (χ4n) is 4.00. The first-order chi connectivity index (χ1) is 13.5. The summed E-state index contributed by atoms with van der Waals surface area (Å²) in [6, 6.07) is 6.79. The van der Waals surface area contributed by atoms with E-state index in [2.05, 4.69) is 10.6 Å². The zero-order chi connectivity index (χ0) is 20.1. The molecule has 7 heteroatoms. The molecule has 1 aromatic carbocycles. The first kappa shape index (κ1) is 20.0. The third-order valence-corrected chi connectivity index (χ3v) is 5.48. The lowest BCUT2D eigenvalue weighted by Gasteiger charge is -2.19. The highest BCUT2D eigenvalue weighted by Gasteiger charge is 2.47. The summed E-state index contributed by atoms with van der Waals surface area (Å²) in [6.45, 7) is 2.61. The number of carbonyl (C=O) groups is 4. The molecule has 1 saturated carbocycles. The Morgan fingerprint density at radius 3 is 2.36 bits per heavy atom. The number of hydrogen-bond acceptors (Lipinski definition) is 4. The quantitative estimate of drug-likeness (QED) is 0.704. The van der Waals surface area contributed by atoms with E-state index < -0.39 is 0 Å². The molecule has 2 fully saturated rings. The minimum Gasteiger partial charge on any atom is -0.352 e. The molecular formula is C21H27N3O4. The van der Waals surface area contributed by atoms with Gasteiger partial charge < -0.3 is 10.6 Å². The Balaban J connectivity index is 1.59. The van der Waals surface area contributed by atoms with Gasteiger partial charge in [-0.15, -0.1) is 0 Å². The number of para-hydroxylation sites is 1. The summed E-state index contributed by atoms with van der Waals surface area (Å²) in [5.74, 6) is -1.25. The van der Waals surface area contributed by atoms with Crippen molar-refractivity contribution in [2.24, 2.45) is 11.8 Å². The van der Waals surface area contributed by atoms with Crippen LogP contribution in [-0.4, -0.2) is 41.6 Å². The van der Waals surface area contributed by atoms with E-state index in [1.54, 1.807) is 24.3 Å². The summed E-state index contributed by atoms with van der Waals surface area (Å²) >= 11 is 0. The number of imide groups is 1. The van der Waals surface area contributed by atoms with Crippen LogP contribution in [0.3, 0.4) is 0 Å². The van der Waals surface area contributed by atoms with Gasteiger partial charge in [0.1, 0.15) is 0 Å². The van der Waals surface area contributed by atoms with Gasteiger partial charge in [-0.3, -0.25) is 24.1 Å². The lowest BCUT2D eigenvalue weighted by molar-refractivity contribution is -0.140. The van der Waals surface area contributed by atoms with E-state index in [0.29, 0.717) is 17.8 Å². The molecule has 4 amide bonds. The molecular weight excluding hydrogens is 358 g/mol. The molecule has 7 nitrogen and oxygen atoms in total. The van der Waals surface area contributed by atoms with Crippen molar-refractivity contribution in [3.8, 4) is 0 Å². The normalized spacial score (nSPS) is 21.4. The van der Waals surface area contributed by atoms with Gasteiger partial charge in [-0.05, 0) is 31.4 Å². The maximum Gasteiger partial charge on any atom is 0.253 e. The molecule has 150 valence electrons. The number of benzene rings is 1. The Morgan fingerprint density at radius 2 is 1.71 bits per heavy atom. The lowest BCUT2D eigenvalue weighted by Crippen LogP contribution is -2.34. The molecule has 1 aliphatic heterocycles. The van der Waals surface area contributed by atoms with Gasteiger partial charge in [-0.2, -0.15) is 0 Å². The number of anilines is 1. The van der Waals surface area contributed by atoms with E-state index in [-0.39, 0.29) is 48.4 Å². The van der Waals surface area contributed by atoms with Crippen LogP contribution in [0.5, 0.6) is 0 Å². The zero-order valence-electron chi connectivity index (χ0n) is 16.2. The Bertz CT molecular complexity index is 753. The van der Waals surface area contributed by atoms with Crippen LogP contribution >= 0.6 is 0 Å². The van der Waals surface area contributed by atoms with Gasteiger partial charge in [0, 0.05) is 19.5 Å². The fourth-order valence-corrected chi connectivity index (χ4v) is 4.00. The molecule has 28 heavy (non-hydrogen) atoms. The fraction of sp³-hybridized carbons (Fsp3) is 0.524. The average molecular weight is 385 g/mol. The van der Waals surface area contributed by atoms with E-state index in [9.17, 15) is 19.2 Å². The molecule has 1 saturated heterocycles. The highest BCUT2D eigenvalue weighted by molar-refractivity contribution is 6.06. The zero-order valence-corrected chi connectivity index (χ0v) is 16.2. The van der Waals surface area contributed by atoms with Gasteiger partial charge in [0.25, 0.3) is 5.91 Å². The second-order valence-electron chi connectivity index (χ2n) is 7.43. The van der Waals surface area contributed by atoms with Crippen molar-refractivity contribution in [1.82, 2.24) is 10.2 Å². The molecule has 2 N–H and O–H groups in total. The third-order valence-electron chi connectivity index (χ3n) is 5.48. The van der Waals surface area contributed by atoms with Crippen LogP contribution in [0.2, 0.25) is 0 Å². The van der Waals surface area contributed by atoms with Crippen molar-refractivity contribution in [2.45, 2.75) is 45.4 Å². The number of amides is 4. The molecule has 1 aromatic rings. The summed E-state index contributed by atoms with van der Waals surface area (Å²) in [7, 11) is 0. The van der Waals surface area contributed by atoms with E-state index in [4.69, 9.17) is 0 Å². The van der Waals surface area contributed by atoms with Crippen LogP contribution in [0.1, 0.15) is 55.8 Å². The van der Waals surface area contributed by atoms with E-state index >= 15 is 0 Å². The van der Waals surface area contributed by atoms with Gasteiger partial charge in [-0.1, -0.05) is 31.9 Å². The lowest BCUT2D eigenvalue weighted by atomic mass is 9.81. The SMILES string of the molecule is CCCNC(=O)c1ccccc1NC(=O)CCN1C(=O)C2CCCCC2C1=O. The van der Waals surface area contributed by atoms with E-state index in [1.807, 2.05) is 6.92 Å². The highest BCUT2D eigenvalue weighted by atomic mass is 16.2. The molecule has 0 bridgehead atoms. The van der Waals surface area contributed by atoms with E-state index in [0.717, 1.165) is 32.1 Å². The number of rotatable bonds is 7. The summed E-state index contributed by atoms with van der Waals surface area (Å²) in [5.41, 5.74) is 0.817. The molecule has 1 heterocycles. The molecule has 0 spiro atoms. The van der Waals surface area contributed by atoms with Gasteiger partial charge in [-0.25, -0.2) is 0 Å². The van der Waals surface area contributed by atoms with Gasteiger partial charge in [0.05, 0.1) is 23.1 Å². The predicted octanol–water partition coefficient (Wildman–Crippen LogP) is 2.33. The predicted molar refractivity (Wildman–Crippen MR) is 104 cm³/mol. The topological polar surface area (TPSA) is 95.6 Å². The van der Waals surface area contributed by atoms with Gasteiger partial charge in [0.2, 0.25) is 17.7 Å². The first-order valence-electron chi connectivity index (χ1n) is 10.0. The number of likely N-dealkylation sites (tertiary alicyclic amines) is 1. The second kappa shape index (κ2) is 8.99. The van der Waals surface area contributed by atoms with Crippen LogP contribution < -0.4 is 10.6 Å².